The second-order valence-electron chi connectivity index (χ2n) is 4.10. The summed E-state index contributed by atoms with van der Waals surface area (Å²) in [4.78, 5) is 4.38. The van der Waals surface area contributed by atoms with Crippen molar-refractivity contribution in [1.29, 1.82) is 0 Å². The number of hydrogen-bond acceptors (Lipinski definition) is 4. The summed E-state index contributed by atoms with van der Waals surface area (Å²) in [6, 6.07) is 4.88. The Hall–Kier alpha value is -1.46. The van der Waals surface area contributed by atoms with Crippen molar-refractivity contribution in [2.45, 2.75) is 19.9 Å². The number of halogens is 1. The minimum atomic E-state index is -0.357. The molecule has 0 spiro atoms. The number of anilines is 1. The van der Waals surface area contributed by atoms with Crippen LogP contribution in [0.5, 0.6) is 0 Å². The Labute approximate surface area is 110 Å². The molecule has 96 valence electrons. The molecule has 0 bridgehead atoms. The monoisotopic (exact) mass is 265 g/mol. The number of hydrogen-bond donors (Lipinski definition) is 2. The molecule has 0 fully saturated rings. The van der Waals surface area contributed by atoms with Crippen LogP contribution in [-0.4, -0.2) is 11.5 Å². The van der Waals surface area contributed by atoms with E-state index in [1.165, 1.54) is 6.07 Å². The summed E-state index contributed by atoms with van der Waals surface area (Å²) in [7, 11) is 0. The summed E-state index contributed by atoms with van der Waals surface area (Å²) in [5.41, 5.74) is 7.78. The second kappa shape index (κ2) is 5.93. The highest BCUT2D eigenvalue weighted by molar-refractivity contribution is 7.09. The number of thiazole rings is 1. The molecule has 2 aromatic rings. The van der Waals surface area contributed by atoms with E-state index < -0.39 is 0 Å². The summed E-state index contributed by atoms with van der Waals surface area (Å²) in [6.45, 7) is 3.38. The molecule has 2 rings (SSSR count). The topological polar surface area (TPSA) is 50.9 Å². The van der Waals surface area contributed by atoms with Crippen molar-refractivity contribution in [3.05, 3.63) is 45.7 Å². The van der Waals surface area contributed by atoms with Crippen molar-refractivity contribution in [1.82, 2.24) is 10.3 Å². The largest absolute Gasteiger partial charge is 0.396 e. The van der Waals surface area contributed by atoms with Crippen molar-refractivity contribution >= 4 is 17.0 Å². The summed E-state index contributed by atoms with van der Waals surface area (Å²) >= 11 is 1.65. The van der Waals surface area contributed by atoms with Gasteiger partial charge in [-0.25, -0.2) is 9.37 Å². The Morgan fingerprint density at radius 1 is 1.44 bits per heavy atom. The lowest BCUT2D eigenvalue weighted by molar-refractivity contribution is 0.625. The molecule has 1 aromatic carbocycles. The standard InChI is InChI=1S/C13H16FN3S/c1-9-17-11(8-18-9)5-6-16-7-10-3-2-4-12(14)13(10)15/h2-4,8,16H,5-7,15H2,1H3. The van der Waals surface area contributed by atoms with E-state index in [1.807, 2.05) is 13.0 Å². The number of para-hydroxylation sites is 1. The third-order valence-corrected chi connectivity index (χ3v) is 3.51. The predicted molar refractivity (Wildman–Crippen MR) is 73.1 cm³/mol. The van der Waals surface area contributed by atoms with Crippen LogP contribution in [0.1, 0.15) is 16.3 Å². The van der Waals surface area contributed by atoms with Gasteiger partial charge in [-0.2, -0.15) is 0 Å². The van der Waals surface area contributed by atoms with E-state index >= 15 is 0 Å². The number of nitrogens with one attached hydrogen (secondary N) is 1. The van der Waals surface area contributed by atoms with Gasteiger partial charge in [0.1, 0.15) is 5.82 Å². The zero-order valence-electron chi connectivity index (χ0n) is 10.2. The SMILES string of the molecule is Cc1nc(CCNCc2cccc(F)c2N)cs1. The van der Waals surface area contributed by atoms with Gasteiger partial charge in [-0.05, 0) is 18.6 Å². The number of nitrogen functional groups attached to an aromatic ring is 1. The summed E-state index contributed by atoms with van der Waals surface area (Å²) in [5.74, 6) is -0.357. The maximum Gasteiger partial charge on any atom is 0.146 e. The van der Waals surface area contributed by atoms with E-state index in [9.17, 15) is 4.39 Å². The van der Waals surface area contributed by atoms with Crippen molar-refractivity contribution in [3.8, 4) is 0 Å². The number of nitrogens with two attached hydrogens (primary N) is 1. The third kappa shape index (κ3) is 3.27. The minimum Gasteiger partial charge on any atom is -0.396 e. The van der Waals surface area contributed by atoms with Crippen LogP contribution in [0.3, 0.4) is 0 Å². The molecule has 0 saturated carbocycles. The molecule has 0 radical (unpaired) electrons. The smallest absolute Gasteiger partial charge is 0.146 e. The lowest BCUT2D eigenvalue weighted by Crippen LogP contribution is -2.18. The highest BCUT2D eigenvalue weighted by atomic mass is 32.1. The zero-order valence-corrected chi connectivity index (χ0v) is 11.1. The molecule has 3 nitrogen and oxygen atoms in total. The molecule has 1 aromatic heterocycles. The molecule has 0 unspecified atom stereocenters. The fourth-order valence-corrected chi connectivity index (χ4v) is 2.35. The van der Waals surface area contributed by atoms with Gasteiger partial charge in [0, 0.05) is 24.9 Å². The van der Waals surface area contributed by atoms with Gasteiger partial charge in [-0.1, -0.05) is 12.1 Å². The summed E-state index contributed by atoms with van der Waals surface area (Å²) < 4.78 is 13.2. The van der Waals surface area contributed by atoms with Crippen LogP contribution in [0.15, 0.2) is 23.6 Å². The van der Waals surface area contributed by atoms with Crippen molar-refractivity contribution in [2.24, 2.45) is 0 Å². The van der Waals surface area contributed by atoms with Gasteiger partial charge in [-0.15, -0.1) is 11.3 Å². The van der Waals surface area contributed by atoms with Crippen LogP contribution in [-0.2, 0) is 13.0 Å². The molecule has 1 heterocycles. The Bertz CT molecular complexity index is 525. The van der Waals surface area contributed by atoms with E-state index in [0.29, 0.717) is 6.54 Å². The van der Waals surface area contributed by atoms with Crippen LogP contribution < -0.4 is 11.1 Å². The second-order valence-corrected chi connectivity index (χ2v) is 5.16. The van der Waals surface area contributed by atoms with E-state index in [0.717, 1.165) is 29.2 Å². The molecule has 0 aliphatic rings. The fourth-order valence-electron chi connectivity index (χ4n) is 1.70. The molecule has 0 saturated heterocycles. The van der Waals surface area contributed by atoms with Gasteiger partial charge in [0.15, 0.2) is 0 Å². The van der Waals surface area contributed by atoms with Gasteiger partial charge >= 0.3 is 0 Å². The van der Waals surface area contributed by atoms with E-state index in [1.54, 1.807) is 17.4 Å². The Morgan fingerprint density at radius 2 is 2.28 bits per heavy atom. The van der Waals surface area contributed by atoms with Crippen LogP contribution in [0.25, 0.3) is 0 Å². The quantitative estimate of drug-likeness (QED) is 0.645. The molecule has 18 heavy (non-hydrogen) atoms. The first-order valence-electron chi connectivity index (χ1n) is 5.81. The van der Waals surface area contributed by atoms with Crippen LogP contribution in [0.4, 0.5) is 10.1 Å². The van der Waals surface area contributed by atoms with Gasteiger partial charge in [0.25, 0.3) is 0 Å². The highest BCUT2D eigenvalue weighted by Crippen LogP contribution is 2.15. The zero-order chi connectivity index (χ0) is 13.0. The lowest BCUT2D eigenvalue weighted by Gasteiger charge is -2.07. The summed E-state index contributed by atoms with van der Waals surface area (Å²) in [5, 5.41) is 6.39. The minimum absolute atomic E-state index is 0.231. The lowest BCUT2D eigenvalue weighted by atomic mass is 10.1. The third-order valence-electron chi connectivity index (χ3n) is 2.68. The van der Waals surface area contributed by atoms with Crippen LogP contribution >= 0.6 is 11.3 Å². The molecular formula is C13H16FN3S. The normalized spacial score (nSPS) is 10.8. The average Bonchev–Trinajstić information content (AvgIpc) is 2.76. The molecular weight excluding hydrogens is 249 g/mol. The number of rotatable bonds is 5. The molecule has 5 heteroatoms. The van der Waals surface area contributed by atoms with Gasteiger partial charge in [-0.3, -0.25) is 0 Å². The van der Waals surface area contributed by atoms with E-state index in [-0.39, 0.29) is 11.5 Å². The number of aromatic nitrogens is 1. The molecule has 0 aliphatic carbocycles. The predicted octanol–water partition coefficient (Wildman–Crippen LogP) is 2.51. The van der Waals surface area contributed by atoms with Gasteiger partial charge in [0.05, 0.1) is 16.4 Å². The number of aryl methyl sites for hydroxylation is 1. The van der Waals surface area contributed by atoms with Crippen molar-refractivity contribution in [2.75, 3.05) is 12.3 Å². The summed E-state index contributed by atoms with van der Waals surface area (Å²) in [6.07, 6.45) is 0.875. The highest BCUT2D eigenvalue weighted by Gasteiger charge is 2.03. The average molecular weight is 265 g/mol. The molecule has 0 amide bonds. The first-order valence-corrected chi connectivity index (χ1v) is 6.69. The maximum atomic E-state index is 13.2. The van der Waals surface area contributed by atoms with E-state index in [2.05, 4.69) is 15.7 Å². The number of benzene rings is 1. The molecule has 3 N–H and O–H groups in total. The molecule has 0 atom stereocenters. The Morgan fingerprint density at radius 3 is 3.00 bits per heavy atom. The Balaban J connectivity index is 1.80. The maximum absolute atomic E-state index is 13.2. The van der Waals surface area contributed by atoms with E-state index in [4.69, 9.17) is 5.73 Å². The molecule has 0 aliphatic heterocycles. The van der Waals surface area contributed by atoms with Gasteiger partial charge in [0.2, 0.25) is 0 Å². The van der Waals surface area contributed by atoms with Crippen molar-refractivity contribution < 1.29 is 4.39 Å². The van der Waals surface area contributed by atoms with Gasteiger partial charge < -0.3 is 11.1 Å². The van der Waals surface area contributed by atoms with Crippen LogP contribution in [0, 0.1) is 12.7 Å². The number of nitrogens with zero attached hydrogens (tertiary/aromatic N) is 1. The fraction of sp³-hybridized carbons (Fsp3) is 0.308. The van der Waals surface area contributed by atoms with Crippen LogP contribution in [0.2, 0.25) is 0 Å². The Kier molecular flexibility index (Phi) is 4.28. The first-order chi connectivity index (χ1) is 8.66. The first kappa shape index (κ1) is 13.0. The van der Waals surface area contributed by atoms with Crippen molar-refractivity contribution in [3.63, 3.8) is 0 Å².